The van der Waals surface area contributed by atoms with E-state index in [1.54, 1.807) is 6.08 Å². The van der Waals surface area contributed by atoms with Crippen LogP contribution in [0, 0.1) is 0 Å². The molecule has 7 heavy (non-hydrogen) atoms. The summed E-state index contributed by atoms with van der Waals surface area (Å²) in [6.07, 6.45) is 3.25. The summed E-state index contributed by atoms with van der Waals surface area (Å²) >= 11 is 0. The Morgan fingerprint density at radius 1 is 1.71 bits per heavy atom. The smallest absolute Gasteiger partial charge is 1.00 e. The van der Waals surface area contributed by atoms with Gasteiger partial charge in [-0.3, -0.25) is 4.79 Å². The summed E-state index contributed by atoms with van der Waals surface area (Å²) in [6.45, 7) is 3.35. The molecule has 0 fully saturated rings. The van der Waals surface area contributed by atoms with Crippen LogP contribution in [0.2, 0.25) is 0 Å². The van der Waals surface area contributed by atoms with Crippen molar-refractivity contribution in [3.8, 4) is 0 Å². The number of hydrogen-bond acceptors (Lipinski definition) is 1. The molecule has 0 heterocycles. The summed E-state index contributed by atoms with van der Waals surface area (Å²) in [7, 11) is 0. The van der Waals surface area contributed by atoms with Crippen LogP contribution in [-0.4, -0.2) is 28.8 Å². The Labute approximate surface area is 62.9 Å². The molecule has 0 aromatic rings. The maximum Gasteiger partial charge on any atom is 2.00 e. The van der Waals surface area contributed by atoms with E-state index in [0.29, 0.717) is 0 Å². The molecule has 0 aliphatic carbocycles. The van der Waals surface area contributed by atoms with Crippen molar-refractivity contribution in [1.29, 1.82) is 0 Å². The van der Waals surface area contributed by atoms with Crippen LogP contribution >= 0.6 is 0 Å². The van der Waals surface area contributed by atoms with Gasteiger partial charge in [0.25, 0.3) is 0 Å². The predicted molar refractivity (Wildman–Crippen MR) is 33.5 cm³/mol. The first-order valence-corrected chi connectivity index (χ1v) is 1.90. The molecule has 0 bridgehead atoms. The van der Waals surface area contributed by atoms with Crippen molar-refractivity contribution in [3.05, 3.63) is 12.2 Å². The van der Waals surface area contributed by atoms with Crippen LogP contribution in [0.4, 0.5) is 0 Å². The molecule has 0 amide bonds. The van der Waals surface area contributed by atoms with E-state index in [-0.39, 0.29) is 31.7 Å². The molecular weight excluding hydrogens is 100 g/mol. The summed E-state index contributed by atoms with van der Waals surface area (Å²) in [5, 5.41) is 0. The van der Waals surface area contributed by atoms with E-state index in [4.69, 9.17) is 0 Å². The Hall–Kier alpha value is 0.176. The van der Waals surface area contributed by atoms with Gasteiger partial charge in [0.15, 0.2) is 5.78 Å². The van der Waals surface area contributed by atoms with E-state index in [2.05, 4.69) is 0 Å². The van der Waals surface area contributed by atoms with Crippen LogP contribution in [0.5, 0.6) is 0 Å². The number of hydrogen-bond donors (Lipinski definition) is 0. The Balaban J connectivity index is -0.0000000417. The van der Waals surface area contributed by atoms with Gasteiger partial charge in [0, 0.05) is 0 Å². The van der Waals surface area contributed by atoms with Crippen molar-refractivity contribution in [3.63, 3.8) is 0 Å². The van der Waals surface area contributed by atoms with E-state index in [0.717, 1.165) is 0 Å². The molecule has 1 nitrogen and oxygen atoms in total. The van der Waals surface area contributed by atoms with Crippen molar-refractivity contribution in [2.45, 2.75) is 13.8 Å². The topological polar surface area (TPSA) is 17.1 Å². The molecule has 0 spiro atoms. The summed E-state index contributed by atoms with van der Waals surface area (Å²) < 4.78 is 0. The van der Waals surface area contributed by atoms with E-state index >= 15 is 0 Å². The number of carbonyl (C=O) groups is 1. The van der Waals surface area contributed by atoms with Gasteiger partial charge >= 0.3 is 23.1 Å². The largest absolute Gasteiger partial charge is 2.00 e. The molecular formula is C5H10MgO. The Morgan fingerprint density at radius 3 is 2.14 bits per heavy atom. The summed E-state index contributed by atoms with van der Waals surface area (Å²) in [6, 6.07) is 0. The van der Waals surface area contributed by atoms with Crippen molar-refractivity contribution >= 4 is 28.8 Å². The van der Waals surface area contributed by atoms with Crippen LogP contribution in [0.3, 0.4) is 0 Å². The van der Waals surface area contributed by atoms with Gasteiger partial charge in [0.2, 0.25) is 0 Å². The SMILES string of the molecule is CC=CC(C)=O.[H-].[H-].[Mg+2]. The fourth-order valence-electron chi connectivity index (χ4n) is 0.235. The molecule has 0 unspecified atom stereocenters. The van der Waals surface area contributed by atoms with E-state index in [9.17, 15) is 4.79 Å². The fraction of sp³-hybridized carbons (Fsp3) is 0.400. The van der Waals surface area contributed by atoms with Gasteiger partial charge in [0.05, 0.1) is 0 Å². The first-order valence-electron chi connectivity index (χ1n) is 1.90. The third-order valence-corrected chi connectivity index (χ3v) is 0.401. The first kappa shape index (κ1) is 10.2. The Morgan fingerprint density at radius 2 is 2.14 bits per heavy atom. The van der Waals surface area contributed by atoms with E-state index < -0.39 is 0 Å². The van der Waals surface area contributed by atoms with Gasteiger partial charge < -0.3 is 2.85 Å². The minimum absolute atomic E-state index is 0. The predicted octanol–water partition coefficient (Wildman–Crippen LogP) is 0.996. The van der Waals surface area contributed by atoms with Gasteiger partial charge in [-0.25, -0.2) is 0 Å². The first-order chi connectivity index (χ1) is 2.77. The van der Waals surface area contributed by atoms with Crippen LogP contribution in [0.15, 0.2) is 12.2 Å². The maximum atomic E-state index is 9.96. The second kappa shape index (κ2) is 6.18. The van der Waals surface area contributed by atoms with Gasteiger partial charge in [-0.05, 0) is 19.9 Å². The number of carbonyl (C=O) groups excluding carboxylic acids is 1. The minimum Gasteiger partial charge on any atom is -1.00 e. The number of rotatable bonds is 1. The van der Waals surface area contributed by atoms with Crippen molar-refractivity contribution in [2.75, 3.05) is 0 Å². The second-order valence-corrected chi connectivity index (χ2v) is 1.11. The van der Waals surface area contributed by atoms with Crippen LogP contribution in [0.1, 0.15) is 16.7 Å². The van der Waals surface area contributed by atoms with Gasteiger partial charge in [-0.15, -0.1) is 0 Å². The normalized spacial score (nSPS) is 8.29. The van der Waals surface area contributed by atoms with Crippen molar-refractivity contribution in [1.82, 2.24) is 0 Å². The van der Waals surface area contributed by atoms with Crippen LogP contribution < -0.4 is 0 Å². The molecule has 0 rings (SSSR count). The number of allylic oxidation sites excluding steroid dienone is 2. The number of ketones is 1. The minimum atomic E-state index is 0. The zero-order valence-electron chi connectivity index (χ0n) is 6.77. The Kier molecular flexibility index (Phi) is 9.01. The summed E-state index contributed by atoms with van der Waals surface area (Å²) in [4.78, 5) is 9.96. The van der Waals surface area contributed by atoms with E-state index in [1.807, 2.05) is 6.92 Å². The third-order valence-electron chi connectivity index (χ3n) is 0.401. The molecule has 0 atom stereocenters. The second-order valence-electron chi connectivity index (χ2n) is 1.11. The summed E-state index contributed by atoms with van der Waals surface area (Å²) in [5.41, 5.74) is 0. The molecule has 0 aliphatic heterocycles. The molecule has 0 aromatic heterocycles. The zero-order chi connectivity index (χ0) is 4.99. The van der Waals surface area contributed by atoms with Gasteiger partial charge in [0.1, 0.15) is 0 Å². The Bertz CT molecular complexity index is 83.0. The summed E-state index contributed by atoms with van der Waals surface area (Å²) in [5.74, 6) is 0.109. The molecule has 2 heteroatoms. The molecule has 0 radical (unpaired) electrons. The zero-order valence-corrected chi connectivity index (χ0v) is 6.18. The van der Waals surface area contributed by atoms with Crippen LogP contribution in [-0.2, 0) is 4.79 Å². The fourth-order valence-corrected chi connectivity index (χ4v) is 0.235. The average molecular weight is 110 g/mol. The van der Waals surface area contributed by atoms with Gasteiger partial charge in [-0.2, -0.15) is 0 Å². The standard InChI is InChI=1S/C5H8O.Mg.2H/c1-3-4-5(2)6;;;/h3-4H,1-2H3;;;/q;+2;2*-1. The molecule has 0 aromatic carbocycles. The average Bonchev–Trinajstić information content (AvgIpc) is 1.35. The van der Waals surface area contributed by atoms with Crippen LogP contribution in [0.25, 0.3) is 0 Å². The molecule has 0 saturated carbocycles. The van der Waals surface area contributed by atoms with Crippen molar-refractivity contribution < 1.29 is 7.65 Å². The molecule has 0 N–H and O–H groups in total. The van der Waals surface area contributed by atoms with Crippen molar-refractivity contribution in [2.24, 2.45) is 0 Å². The molecule has 0 aliphatic rings. The quantitative estimate of drug-likeness (QED) is 0.363. The molecule has 0 saturated heterocycles. The monoisotopic (exact) mass is 110 g/mol. The third kappa shape index (κ3) is 10.7. The molecule has 38 valence electrons. The van der Waals surface area contributed by atoms with E-state index in [1.165, 1.54) is 13.0 Å². The van der Waals surface area contributed by atoms with Gasteiger partial charge in [-0.1, -0.05) is 6.08 Å². The maximum absolute atomic E-state index is 9.96.